The molecule has 3 rings (SSSR count). The Balaban J connectivity index is 1.78. The highest BCUT2D eigenvalue weighted by Gasteiger charge is 2.30. The Hall–Kier alpha value is -2.89. The number of nitrogens with zero attached hydrogens (tertiary/aromatic N) is 2. The molecular weight excluding hydrogens is 305 g/mol. The summed E-state index contributed by atoms with van der Waals surface area (Å²) >= 11 is 0. The van der Waals surface area contributed by atoms with Crippen molar-refractivity contribution in [1.82, 2.24) is 10.1 Å². The first-order valence-corrected chi connectivity index (χ1v) is 6.77. The van der Waals surface area contributed by atoms with Gasteiger partial charge < -0.3 is 4.52 Å². The van der Waals surface area contributed by atoms with Crippen LogP contribution < -0.4 is 0 Å². The lowest BCUT2D eigenvalue weighted by Crippen LogP contribution is -2.04. The van der Waals surface area contributed by atoms with E-state index in [1.165, 1.54) is 12.1 Å². The van der Waals surface area contributed by atoms with Crippen molar-refractivity contribution >= 4 is 12.2 Å². The van der Waals surface area contributed by atoms with Crippen LogP contribution in [0.15, 0.2) is 59.1 Å². The first-order valence-electron chi connectivity index (χ1n) is 6.77. The molecule has 0 unspecified atom stereocenters. The molecule has 0 aliphatic rings. The summed E-state index contributed by atoms with van der Waals surface area (Å²) in [6.45, 7) is 0. The molecule has 0 bridgehead atoms. The van der Waals surface area contributed by atoms with E-state index in [4.69, 9.17) is 4.52 Å². The Labute approximate surface area is 130 Å². The highest BCUT2D eigenvalue weighted by molar-refractivity contribution is 5.66. The molecule has 0 radical (unpaired) electrons. The fourth-order valence-corrected chi connectivity index (χ4v) is 1.96. The molecule has 3 nitrogen and oxygen atoms in total. The standard InChI is InChI=1S/C17H11F3N2O/c18-17(19,20)14-9-7-13(8-10-14)16-21-15(23-22-16)11-6-12-4-2-1-3-5-12/h1-11H. The molecule has 0 N–H and O–H groups in total. The van der Waals surface area contributed by atoms with Crippen molar-refractivity contribution in [2.75, 3.05) is 0 Å². The molecule has 3 aromatic rings. The van der Waals surface area contributed by atoms with Crippen LogP contribution in [0.1, 0.15) is 17.0 Å². The second-order valence-corrected chi connectivity index (χ2v) is 4.78. The fraction of sp³-hybridized carbons (Fsp3) is 0.0588. The fourth-order valence-electron chi connectivity index (χ4n) is 1.96. The molecule has 1 aromatic heterocycles. The van der Waals surface area contributed by atoms with Crippen molar-refractivity contribution in [3.63, 3.8) is 0 Å². The van der Waals surface area contributed by atoms with Gasteiger partial charge in [0.1, 0.15) is 0 Å². The number of alkyl halides is 3. The first-order chi connectivity index (χ1) is 11.0. The summed E-state index contributed by atoms with van der Waals surface area (Å²) in [7, 11) is 0. The van der Waals surface area contributed by atoms with E-state index < -0.39 is 11.7 Å². The predicted octanol–water partition coefficient (Wildman–Crippen LogP) is 4.93. The number of aromatic nitrogens is 2. The van der Waals surface area contributed by atoms with Crippen molar-refractivity contribution in [3.05, 3.63) is 71.6 Å². The molecular formula is C17H11F3N2O. The van der Waals surface area contributed by atoms with Gasteiger partial charge in [0.2, 0.25) is 5.82 Å². The third kappa shape index (κ3) is 3.66. The summed E-state index contributed by atoms with van der Waals surface area (Å²) in [5, 5.41) is 3.77. The van der Waals surface area contributed by atoms with E-state index in [0.717, 1.165) is 17.7 Å². The smallest absolute Gasteiger partial charge is 0.334 e. The number of halogens is 3. The van der Waals surface area contributed by atoms with Gasteiger partial charge in [-0.1, -0.05) is 47.6 Å². The van der Waals surface area contributed by atoms with Crippen LogP contribution >= 0.6 is 0 Å². The highest BCUT2D eigenvalue weighted by atomic mass is 19.4. The summed E-state index contributed by atoms with van der Waals surface area (Å²) in [6, 6.07) is 14.2. The molecule has 0 aliphatic heterocycles. The first kappa shape index (κ1) is 15.0. The third-order valence-corrected chi connectivity index (χ3v) is 3.13. The van der Waals surface area contributed by atoms with Crippen LogP contribution in [0.3, 0.4) is 0 Å². The van der Waals surface area contributed by atoms with Gasteiger partial charge in [-0.3, -0.25) is 0 Å². The molecule has 0 atom stereocenters. The summed E-state index contributed by atoms with van der Waals surface area (Å²) in [6.07, 6.45) is -0.903. The van der Waals surface area contributed by atoms with Crippen LogP contribution in [0.5, 0.6) is 0 Å². The Morgan fingerprint density at radius 2 is 1.57 bits per heavy atom. The van der Waals surface area contributed by atoms with Gasteiger partial charge >= 0.3 is 6.18 Å². The maximum atomic E-state index is 12.5. The molecule has 0 amide bonds. The lowest BCUT2D eigenvalue weighted by molar-refractivity contribution is -0.137. The Kier molecular flexibility index (Phi) is 3.97. The zero-order chi connectivity index (χ0) is 16.3. The normalized spacial score (nSPS) is 12.0. The van der Waals surface area contributed by atoms with Gasteiger partial charge in [0.15, 0.2) is 0 Å². The molecule has 0 aliphatic carbocycles. The average Bonchev–Trinajstić information content (AvgIpc) is 3.02. The monoisotopic (exact) mass is 316 g/mol. The van der Waals surface area contributed by atoms with E-state index in [-0.39, 0.29) is 11.7 Å². The molecule has 0 spiro atoms. The van der Waals surface area contributed by atoms with Crippen LogP contribution in [0, 0.1) is 0 Å². The Morgan fingerprint density at radius 1 is 0.870 bits per heavy atom. The van der Waals surface area contributed by atoms with E-state index in [2.05, 4.69) is 10.1 Å². The van der Waals surface area contributed by atoms with Crippen LogP contribution in [0.2, 0.25) is 0 Å². The zero-order valence-corrected chi connectivity index (χ0v) is 11.8. The maximum absolute atomic E-state index is 12.5. The van der Waals surface area contributed by atoms with Crippen molar-refractivity contribution in [3.8, 4) is 11.4 Å². The topological polar surface area (TPSA) is 38.9 Å². The summed E-state index contributed by atoms with van der Waals surface area (Å²) < 4.78 is 42.7. The average molecular weight is 316 g/mol. The molecule has 23 heavy (non-hydrogen) atoms. The minimum Gasteiger partial charge on any atom is -0.334 e. The minimum absolute atomic E-state index is 0.242. The quantitative estimate of drug-likeness (QED) is 0.688. The molecule has 1 heterocycles. The summed E-state index contributed by atoms with van der Waals surface area (Å²) in [5.74, 6) is 0.523. The number of hydrogen-bond donors (Lipinski definition) is 0. The molecule has 116 valence electrons. The van der Waals surface area contributed by atoms with Gasteiger partial charge in [-0.25, -0.2) is 0 Å². The van der Waals surface area contributed by atoms with E-state index in [0.29, 0.717) is 5.56 Å². The zero-order valence-electron chi connectivity index (χ0n) is 11.8. The van der Waals surface area contributed by atoms with Gasteiger partial charge in [-0.2, -0.15) is 18.2 Å². The van der Waals surface area contributed by atoms with Crippen LogP contribution in [-0.4, -0.2) is 10.1 Å². The molecule has 0 fully saturated rings. The lowest BCUT2D eigenvalue weighted by atomic mass is 10.1. The van der Waals surface area contributed by atoms with Crippen LogP contribution in [0.25, 0.3) is 23.5 Å². The minimum atomic E-state index is -4.36. The maximum Gasteiger partial charge on any atom is 0.416 e. The van der Waals surface area contributed by atoms with Gasteiger partial charge in [-0.15, -0.1) is 0 Å². The predicted molar refractivity (Wildman–Crippen MR) is 80.1 cm³/mol. The number of benzene rings is 2. The van der Waals surface area contributed by atoms with Gasteiger partial charge in [0.05, 0.1) is 5.56 Å². The molecule has 2 aromatic carbocycles. The summed E-state index contributed by atoms with van der Waals surface area (Å²) in [4.78, 5) is 4.14. The highest BCUT2D eigenvalue weighted by Crippen LogP contribution is 2.30. The lowest BCUT2D eigenvalue weighted by Gasteiger charge is -2.05. The van der Waals surface area contributed by atoms with Crippen molar-refractivity contribution in [2.45, 2.75) is 6.18 Å². The van der Waals surface area contributed by atoms with Crippen molar-refractivity contribution in [1.29, 1.82) is 0 Å². The second-order valence-electron chi connectivity index (χ2n) is 4.78. The number of hydrogen-bond acceptors (Lipinski definition) is 3. The second kappa shape index (κ2) is 6.08. The Bertz CT molecular complexity index is 806. The van der Waals surface area contributed by atoms with Crippen molar-refractivity contribution in [2.24, 2.45) is 0 Å². The van der Waals surface area contributed by atoms with Gasteiger partial charge in [-0.05, 0) is 23.8 Å². The van der Waals surface area contributed by atoms with E-state index in [1.807, 2.05) is 36.4 Å². The van der Waals surface area contributed by atoms with Crippen LogP contribution in [0.4, 0.5) is 13.2 Å². The summed E-state index contributed by atoms with van der Waals surface area (Å²) in [5.41, 5.74) is 0.719. The van der Waals surface area contributed by atoms with E-state index >= 15 is 0 Å². The van der Waals surface area contributed by atoms with E-state index in [9.17, 15) is 13.2 Å². The Morgan fingerprint density at radius 3 is 2.22 bits per heavy atom. The molecule has 0 saturated heterocycles. The molecule has 0 saturated carbocycles. The van der Waals surface area contributed by atoms with Gasteiger partial charge in [0, 0.05) is 11.6 Å². The largest absolute Gasteiger partial charge is 0.416 e. The van der Waals surface area contributed by atoms with Crippen LogP contribution in [-0.2, 0) is 6.18 Å². The molecule has 6 heteroatoms. The number of rotatable bonds is 3. The van der Waals surface area contributed by atoms with Crippen molar-refractivity contribution < 1.29 is 17.7 Å². The van der Waals surface area contributed by atoms with E-state index in [1.54, 1.807) is 6.08 Å². The van der Waals surface area contributed by atoms with Gasteiger partial charge in [0.25, 0.3) is 5.89 Å². The SMILES string of the molecule is FC(F)(F)c1ccc(-c2noc(C=Cc3ccccc3)n2)cc1. The third-order valence-electron chi connectivity index (χ3n) is 3.13.